The molecular weight excluding hydrogens is 410 g/mol. The van der Waals surface area contributed by atoms with Gasteiger partial charge in [-0.2, -0.15) is 0 Å². The van der Waals surface area contributed by atoms with Crippen LogP contribution in [0.25, 0.3) is 0 Å². The molecule has 9 nitrogen and oxygen atoms in total. The summed E-state index contributed by atoms with van der Waals surface area (Å²) in [6.07, 6.45) is 5.10. The number of morpholine rings is 1. The highest BCUT2D eigenvalue weighted by Crippen LogP contribution is 2.31. The fourth-order valence-corrected chi connectivity index (χ4v) is 5.49. The molecule has 158 valence electrons. The number of tetrazole rings is 1. The van der Waals surface area contributed by atoms with Crippen molar-refractivity contribution in [2.24, 2.45) is 0 Å². The Hall–Kier alpha value is -1.56. The minimum atomic E-state index is -0.0921. The van der Waals surface area contributed by atoms with Crippen molar-refractivity contribution in [2.45, 2.75) is 69.5 Å². The number of anilines is 1. The van der Waals surface area contributed by atoms with E-state index in [0.29, 0.717) is 16.3 Å². The number of thioether (sulfide) groups is 1. The molecule has 4 rings (SSSR count). The second-order valence-corrected chi connectivity index (χ2v) is 9.58. The molecular formula is C18H27N7O2S2. The largest absolute Gasteiger partial charge is 0.373 e. The fraction of sp³-hybridized carbons (Fsp3) is 0.722. The van der Waals surface area contributed by atoms with Gasteiger partial charge in [0.1, 0.15) is 0 Å². The average Bonchev–Trinajstić information content (AvgIpc) is 3.41. The first-order valence-electron chi connectivity index (χ1n) is 10.1. The number of hydrogen-bond acceptors (Lipinski definition) is 9. The molecule has 29 heavy (non-hydrogen) atoms. The zero-order valence-corrected chi connectivity index (χ0v) is 18.4. The molecule has 0 aromatic carbocycles. The molecule has 0 bridgehead atoms. The van der Waals surface area contributed by atoms with Crippen LogP contribution in [0.2, 0.25) is 0 Å². The van der Waals surface area contributed by atoms with Crippen molar-refractivity contribution in [3.8, 4) is 0 Å². The number of nitrogens with one attached hydrogen (secondary N) is 1. The van der Waals surface area contributed by atoms with Crippen molar-refractivity contribution in [1.82, 2.24) is 30.1 Å². The van der Waals surface area contributed by atoms with E-state index in [0.717, 1.165) is 38.2 Å². The highest BCUT2D eigenvalue weighted by molar-refractivity contribution is 7.99. The van der Waals surface area contributed by atoms with Crippen molar-refractivity contribution < 1.29 is 9.53 Å². The van der Waals surface area contributed by atoms with Gasteiger partial charge < -0.3 is 10.1 Å². The Kier molecular flexibility index (Phi) is 6.78. The summed E-state index contributed by atoms with van der Waals surface area (Å²) in [4.78, 5) is 19.3. The van der Waals surface area contributed by atoms with Crippen LogP contribution < -0.4 is 5.32 Å². The smallest absolute Gasteiger partial charge is 0.236 e. The summed E-state index contributed by atoms with van der Waals surface area (Å²) in [5.74, 6) is 0.172. The van der Waals surface area contributed by atoms with Gasteiger partial charge in [0.25, 0.3) is 0 Å². The number of thiazole rings is 1. The van der Waals surface area contributed by atoms with Gasteiger partial charge >= 0.3 is 0 Å². The molecule has 0 radical (unpaired) electrons. The van der Waals surface area contributed by atoms with Gasteiger partial charge in [0.2, 0.25) is 11.1 Å². The van der Waals surface area contributed by atoms with E-state index in [1.165, 1.54) is 35.9 Å². The normalized spacial score (nSPS) is 23.5. The van der Waals surface area contributed by atoms with Crippen molar-refractivity contribution in [3.63, 3.8) is 0 Å². The number of ether oxygens (including phenoxy) is 1. The third-order valence-corrected chi connectivity index (χ3v) is 6.88. The van der Waals surface area contributed by atoms with Crippen LogP contribution in [0.3, 0.4) is 0 Å². The van der Waals surface area contributed by atoms with Gasteiger partial charge in [-0.05, 0) is 37.1 Å². The third kappa shape index (κ3) is 5.53. The first-order valence-corrected chi connectivity index (χ1v) is 12.0. The molecule has 1 saturated carbocycles. The Morgan fingerprint density at radius 3 is 2.83 bits per heavy atom. The van der Waals surface area contributed by atoms with Gasteiger partial charge in [0.05, 0.1) is 29.7 Å². The SMILES string of the molecule is CC1CN(Cc2csc(NC(=O)CSc3nnnn3C3CCCC3)n2)CC(C)O1. The van der Waals surface area contributed by atoms with Crippen LogP contribution in [0.15, 0.2) is 10.5 Å². The van der Waals surface area contributed by atoms with Crippen molar-refractivity contribution in [1.29, 1.82) is 0 Å². The van der Waals surface area contributed by atoms with E-state index in [1.54, 1.807) is 0 Å². The van der Waals surface area contributed by atoms with Crippen LogP contribution in [-0.2, 0) is 16.1 Å². The lowest BCUT2D eigenvalue weighted by Gasteiger charge is -2.34. The van der Waals surface area contributed by atoms with Gasteiger partial charge in [-0.15, -0.1) is 16.4 Å². The summed E-state index contributed by atoms with van der Waals surface area (Å²) in [6.45, 7) is 6.76. The van der Waals surface area contributed by atoms with Gasteiger partial charge in [-0.3, -0.25) is 9.69 Å². The lowest BCUT2D eigenvalue weighted by Crippen LogP contribution is -2.44. The predicted molar refractivity (Wildman–Crippen MR) is 112 cm³/mol. The molecule has 1 aliphatic carbocycles. The Balaban J connectivity index is 1.26. The van der Waals surface area contributed by atoms with Gasteiger partial charge in [-0.25, -0.2) is 9.67 Å². The van der Waals surface area contributed by atoms with E-state index < -0.39 is 0 Å². The van der Waals surface area contributed by atoms with Crippen molar-refractivity contribution in [2.75, 3.05) is 24.2 Å². The van der Waals surface area contributed by atoms with E-state index >= 15 is 0 Å². The third-order valence-electron chi connectivity index (χ3n) is 5.14. The standard InChI is InChI=1S/C18H27N7O2S2/c1-12-7-24(8-13(2)27-12)9-14-10-28-17(19-14)20-16(26)11-29-18-21-22-23-25(18)15-5-3-4-6-15/h10,12-13,15H,3-9,11H2,1-2H3,(H,19,20,26). The molecule has 0 spiro atoms. The van der Waals surface area contributed by atoms with Gasteiger partial charge in [0, 0.05) is 25.0 Å². The van der Waals surface area contributed by atoms with Crippen LogP contribution in [0.4, 0.5) is 5.13 Å². The molecule has 1 aliphatic heterocycles. The first kappa shape index (κ1) is 20.7. The molecule has 2 fully saturated rings. The molecule has 2 aromatic heterocycles. The Morgan fingerprint density at radius 1 is 1.31 bits per heavy atom. The lowest BCUT2D eigenvalue weighted by atomic mass is 10.2. The highest BCUT2D eigenvalue weighted by atomic mass is 32.2. The van der Waals surface area contributed by atoms with Crippen LogP contribution in [0, 0.1) is 0 Å². The molecule has 3 heterocycles. The number of rotatable bonds is 7. The maximum Gasteiger partial charge on any atom is 0.236 e. The van der Waals surface area contributed by atoms with E-state index in [1.807, 2.05) is 10.1 Å². The number of aromatic nitrogens is 5. The van der Waals surface area contributed by atoms with E-state index in [-0.39, 0.29) is 23.9 Å². The summed E-state index contributed by atoms with van der Waals surface area (Å²) in [7, 11) is 0. The summed E-state index contributed by atoms with van der Waals surface area (Å²) in [5, 5.41) is 18.2. The van der Waals surface area contributed by atoms with E-state index in [4.69, 9.17) is 4.74 Å². The van der Waals surface area contributed by atoms with E-state index in [9.17, 15) is 4.79 Å². The zero-order chi connectivity index (χ0) is 20.2. The second-order valence-electron chi connectivity index (χ2n) is 7.78. The minimum absolute atomic E-state index is 0.0921. The first-order chi connectivity index (χ1) is 14.1. The van der Waals surface area contributed by atoms with E-state index in [2.05, 4.69) is 44.6 Å². The van der Waals surface area contributed by atoms with Gasteiger partial charge in [0.15, 0.2) is 5.13 Å². The van der Waals surface area contributed by atoms with Crippen LogP contribution in [-0.4, -0.2) is 67.0 Å². The number of hydrogen-bond donors (Lipinski definition) is 1. The molecule has 2 unspecified atom stereocenters. The monoisotopic (exact) mass is 437 g/mol. The topological polar surface area (TPSA) is 98.1 Å². The quantitative estimate of drug-likeness (QED) is 0.660. The Morgan fingerprint density at radius 2 is 2.07 bits per heavy atom. The number of carbonyl (C=O) groups excluding carboxylic acids is 1. The zero-order valence-electron chi connectivity index (χ0n) is 16.8. The van der Waals surface area contributed by atoms with Crippen molar-refractivity contribution >= 4 is 34.1 Å². The number of nitrogens with zero attached hydrogens (tertiary/aromatic N) is 6. The van der Waals surface area contributed by atoms with Crippen LogP contribution in [0.5, 0.6) is 0 Å². The molecule has 2 atom stereocenters. The molecule has 11 heteroatoms. The molecule has 1 saturated heterocycles. The molecule has 2 aliphatic rings. The summed E-state index contributed by atoms with van der Waals surface area (Å²) in [5.41, 5.74) is 0.976. The Bertz CT molecular complexity index is 811. The van der Waals surface area contributed by atoms with Crippen molar-refractivity contribution in [3.05, 3.63) is 11.1 Å². The van der Waals surface area contributed by atoms with Crippen LogP contribution in [0.1, 0.15) is 51.3 Å². The second kappa shape index (κ2) is 9.50. The predicted octanol–water partition coefficient (Wildman–Crippen LogP) is 2.58. The molecule has 1 amide bonds. The summed E-state index contributed by atoms with van der Waals surface area (Å²) >= 11 is 2.83. The van der Waals surface area contributed by atoms with Gasteiger partial charge in [-0.1, -0.05) is 24.6 Å². The molecule has 1 N–H and O–H groups in total. The number of amides is 1. The average molecular weight is 438 g/mol. The van der Waals surface area contributed by atoms with Crippen LogP contribution >= 0.6 is 23.1 Å². The summed E-state index contributed by atoms with van der Waals surface area (Å²) in [6, 6.07) is 0.364. The number of carbonyl (C=O) groups is 1. The highest BCUT2D eigenvalue weighted by Gasteiger charge is 2.24. The maximum absolute atomic E-state index is 12.4. The lowest BCUT2D eigenvalue weighted by molar-refractivity contribution is -0.113. The summed E-state index contributed by atoms with van der Waals surface area (Å²) < 4.78 is 7.65. The maximum atomic E-state index is 12.4. The fourth-order valence-electron chi connectivity index (χ4n) is 4.02. The Labute approximate surface area is 178 Å². The minimum Gasteiger partial charge on any atom is -0.373 e. The molecule has 2 aromatic rings.